The predicted molar refractivity (Wildman–Crippen MR) is 71.6 cm³/mol. The molecule has 0 saturated carbocycles. The normalized spacial score (nSPS) is 10.6. The van der Waals surface area contributed by atoms with E-state index in [9.17, 15) is 9.18 Å². The topological polar surface area (TPSA) is 17.1 Å². The van der Waals surface area contributed by atoms with E-state index in [0.717, 1.165) is 3.79 Å². The Bertz CT molecular complexity index is 594. The summed E-state index contributed by atoms with van der Waals surface area (Å²) < 4.78 is 14.1. The molecule has 88 valence electrons. The summed E-state index contributed by atoms with van der Waals surface area (Å²) in [5.41, 5.74) is 1.29. The summed E-state index contributed by atoms with van der Waals surface area (Å²) in [5, 5.41) is 1.88. The van der Waals surface area contributed by atoms with Gasteiger partial charge in [-0.3, -0.25) is 4.79 Å². The van der Waals surface area contributed by atoms with E-state index in [1.54, 1.807) is 18.4 Å². The van der Waals surface area contributed by atoms with E-state index < -0.39 is 5.82 Å². The van der Waals surface area contributed by atoms with Gasteiger partial charge in [-0.05, 0) is 46.6 Å². The molecule has 0 N–H and O–H groups in total. The molecular weight excluding hydrogens is 327 g/mol. The van der Waals surface area contributed by atoms with Crippen molar-refractivity contribution in [2.45, 2.75) is 6.92 Å². The quantitative estimate of drug-likeness (QED) is 0.719. The van der Waals surface area contributed by atoms with Gasteiger partial charge >= 0.3 is 0 Å². The number of halogens is 3. The Morgan fingerprint density at radius 1 is 1.41 bits per heavy atom. The van der Waals surface area contributed by atoms with Gasteiger partial charge < -0.3 is 0 Å². The number of hydrogen-bond donors (Lipinski definition) is 0. The lowest BCUT2D eigenvalue weighted by Gasteiger charge is -2.04. The Balaban J connectivity index is 2.47. The van der Waals surface area contributed by atoms with Crippen LogP contribution in [0.1, 0.15) is 21.5 Å². The lowest BCUT2D eigenvalue weighted by atomic mass is 10.0. The molecule has 0 aliphatic carbocycles. The minimum atomic E-state index is -0.405. The van der Waals surface area contributed by atoms with Crippen LogP contribution in [0.25, 0.3) is 0 Å². The highest BCUT2D eigenvalue weighted by atomic mass is 79.9. The van der Waals surface area contributed by atoms with Crippen molar-refractivity contribution in [3.63, 3.8) is 0 Å². The van der Waals surface area contributed by atoms with Gasteiger partial charge in [-0.15, -0.1) is 11.3 Å². The Morgan fingerprint density at radius 3 is 2.71 bits per heavy atom. The summed E-state index contributed by atoms with van der Waals surface area (Å²) in [5.74, 6) is -0.599. The van der Waals surface area contributed by atoms with Crippen molar-refractivity contribution >= 4 is 44.7 Å². The highest BCUT2D eigenvalue weighted by molar-refractivity contribution is 9.11. The third-order valence-corrected chi connectivity index (χ3v) is 4.14. The fourth-order valence-electron chi connectivity index (χ4n) is 1.42. The molecule has 0 saturated heterocycles. The average Bonchev–Trinajstić information content (AvgIpc) is 2.69. The zero-order valence-corrected chi connectivity index (χ0v) is 11.9. The number of hydrogen-bond acceptors (Lipinski definition) is 2. The molecule has 0 radical (unpaired) electrons. The fraction of sp³-hybridized carbons (Fsp3) is 0.0833. The van der Waals surface area contributed by atoms with E-state index in [1.807, 2.05) is 0 Å². The van der Waals surface area contributed by atoms with Gasteiger partial charge in [0.05, 0.1) is 8.81 Å². The lowest BCUT2D eigenvalue weighted by Crippen LogP contribution is -2.02. The van der Waals surface area contributed by atoms with Gasteiger partial charge in [0.15, 0.2) is 5.78 Å². The van der Waals surface area contributed by atoms with Crippen LogP contribution in [0, 0.1) is 12.7 Å². The second-order valence-corrected chi connectivity index (χ2v) is 6.25. The molecule has 0 atom stereocenters. The number of aryl methyl sites for hydroxylation is 1. The first-order valence-electron chi connectivity index (χ1n) is 4.73. The van der Waals surface area contributed by atoms with Crippen molar-refractivity contribution in [1.82, 2.24) is 0 Å². The lowest BCUT2D eigenvalue weighted by molar-refractivity contribution is 0.103. The summed E-state index contributed by atoms with van der Waals surface area (Å²) in [6, 6.07) is 4.37. The molecule has 0 amide bonds. The highest BCUT2D eigenvalue weighted by Crippen LogP contribution is 2.27. The first kappa shape index (κ1) is 12.7. The Kier molecular flexibility index (Phi) is 3.66. The molecule has 0 spiro atoms. The van der Waals surface area contributed by atoms with Crippen LogP contribution in [0.3, 0.4) is 0 Å². The van der Waals surface area contributed by atoms with Crippen LogP contribution in [-0.2, 0) is 0 Å². The Labute approximate surface area is 115 Å². The van der Waals surface area contributed by atoms with Crippen molar-refractivity contribution < 1.29 is 9.18 Å². The number of carbonyl (C=O) groups is 1. The van der Waals surface area contributed by atoms with E-state index in [1.165, 1.54) is 23.5 Å². The minimum absolute atomic E-state index is 0.139. The molecule has 0 aliphatic rings. The van der Waals surface area contributed by atoms with Crippen molar-refractivity contribution in [2.75, 3.05) is 0 Å². The molecule has 0 bridgehead atoms. The zero-order chi connectivity index (χ0) is 12.6. The minimum Gasteiger partial charge on any atom is -0.289 e. The summed E-state index contributed by atoms with van der Waals surface area (Å²) in [4.78, 5) is 12.1. The monoisotopic (exact) mass is 332 g/mol. The van der Waals surface area contributed by atoms with Crippen LogP contribution in [0.15, 0.2) is 27.4 Å². The Hall–Kier alpha value is -0.710. The van der Waals surface area contributed by atoms with Crippen LogP contribution in [0.5, 0.6) is 0 Å². The second-order valence-electron chi connectivity index (χ2n) is 3.55. The molecule has 1 heterocycles. The number of benzene rings is 1. The molecule has 17 heavy (non-hydrogen) atoms. The third kappa shape index (κ3) is 2.59. The molecule has 0 aliphatic heterocycles. The Morgan fingerprint density at radius 2 is 2.12 bits per heavy atom. The number of ketones is 1. The standard InChI is InChI=1S/C12H7BrClFOS/c1-6-2-8(9(14)4-10(6)15)12(16)7-3-11(13)17-5-7/h2-5H,1H3. The predicted octanol–water partition coefficient (Wildman–Crippen LogP) is 4.84. The van der Waals surface area contributed by atoms with Gasteiger partial charge in [-0.1, -0.05) is 11.6 Å². The summed E-state index contributed by atoms with van der Waals surface area (Å²) >= 11 is 10.6. The van der Waals surface area contributed by atoms with Crippen molar-refractivity contribution in [1.29, 1.82) is 0 Å². The van der Waals surface area contributed by atoms with E-state index >= 15 is 0 Å². The number of carbonyl (C=O) groups excluding carboxylic acids is 1. The van der Waals surface area contributed by atoms with E-state index in [-0.39, 0.29) is 10.8 Å². The van der Waals surface area contributed by atoms with Gasteiger partial charge in [-0.25, -0.2) is 4.39 Å². The first-order valence-corrected chi connectivity index (χ1v) is 6.78. The molecule has 2 rings (SSSR count). The molecule has 1 nitrogen and oxygen atoms in total. The van der Waals surface area contributed by atoms with Gasteiger partial charge in [-0.2, -0.15) is 0 Å². The van der Waals surface area contributed by atoms with Gasteiger partial charge in [0.2, 0.25) is 0 Å². The van der Waals surface area contributed by atoms with E-state index in [0.29, 0.717) is 16.7 Å². The molecule has 2 aromatic rings. The number of thiophene rings is 1. The van der Waals surface area contributed by atoms with Crippen LogP contribution in [0.4, 0.5) is 4.39 Å². The van der Waals surface area contributed by atoms with Crippen LogP contribution in [-0.4, -0.2) is 5.78 Å². The van der Waals surface area contributed by atoms with E-state index in [2.05, 4.69) is 15.9 Å². The molecule has 1 aromatic heterocycles. The smallest absolute Gasteiger partial charge is 0.195 e. The van der Waals surface area contributed by atoms with Crippen LogP contribution in [0.2, 0.25) is 5.02 Å². The van der Waals surface area contributed by atoms with Gasteiger partial charge in [0, 0.05) is 16.5 Å². The van der Waals surface area contributed by atoms with Crippen LogP contribution >= 0.6 is 38.9 Å². The van der Waals surface area contributed by atoms with Gasteiger partial charge in [0.1, 0.15) is 5.82 Å². The molecule has 0 fully saturated rings. The summed E-state index contributed by atoms with van der Waals surface area (Å²) in [6.45, 7) is 1.60. The summed E-state index contributed by atoms with van der Waals surface area (Å²) in [6.07, 6.45) is 0. The number of rotatable bonds is 2. The second kappa shape index (κ2) is 4.88. The SMILES string of the molecule is Cc1cc(C(=O)c2csc(Br)c2)c(Cl)cc1F. The maximum atomic E-state index is 13.2. The highest BCUT2D eigenvalue weighted by Gasteiger charge is 2.16. The van der Waals surface area contributed by atoms with Crippen molar-refractivity contribution in [3.8, 4) is 0 Å². The van der Waals surface area contributed by atoms with Crippen LogP contribution < -0.4 is 0 Å². The molecular formula is C12H7BrClFOS. The zero-order valence-electron chi connectivity index (χ0n) is 8.76. The maximum absolute atomic E-state index is 13.2. The van der Waals surface area contributed by atoms with Crippen molar-refractivity contribution in [3.05, 3.63) is 54.9 Å². The average molecular weight is 334 g/mol. The third-order valence-electron chi connectivity index (χ3n) is 2.32. The fourth-order valence-corrected chi connectivity index (χ4v) is 2.79. The molecule has 1 aromatic carbocycles. The molecule has 5 heteroatoms. The van der Waals surface area contributed by atoms with Crippen molar-refractivity contribution in [2.24, 2.45) is 0 Å². The van der Waals surface area contributed by atoms with Gasteiger partial charge in [0.25, 0.3) is 0 Å². The molecule has 0 unspecified atom stereocenters. The van der Waals surface area contributed by atoms with E-state index in [4.69, 9.17) is 11.6 Å². The largest absolute Gasteiger partial charge is 0.289 e. The maximum Gasteiger partial charge on any atom is 0.195 e. The summed E-state index contributed by atoms with van der Waals surface area (Å²) in [7, 11) is 0. The first-order chi connectivity index (χ1) is 7.99.